The Kier molecular flexibility index (Phi) is 6.45. The molecule has 5 fully saturated rings. The molecule has 5 rings (SSSR count). The summed E-state index contributed by atoms with van der Waals surface area (Å²) in [6, 6.07) is 0. The van der Waals surface area contributed by atoms with Gasteiger partial charge in [-0.05, 0) is 106 Å². The van der Waals surface area contributed by atoms with Crippen molar-refractivity contribution in [1.82, 2.24) is 0 Å². The molecule has 14 atom stereocenters. The molecule has 4 saturated carbocycles. The first-order valence-electron chi connectivity index (χ1n) is 13.7. The molecular formula is C27H47NO6. The highest BCUT2D eigenvalue weighted by Gasteiger charge is 2.66. The second-order valence-electron chi connectivity index (χ2n) is 13.1. The monoisotopic (exact) mass is 481 g/mol. The summed E-state index contributed by atoms with van der Waals surface area (Å²) in [6.45, 7) is 8.47. The Hall–Kier alpha value is -0.280. The normalized spacial score (nSPS) is 58.5. The van der Waals surface area contributed by atoms with Crippen LogP contribution in [0.2, 0.25) is 0 Å². The zero-order valence-corrected chi connectivity index (χ0v) is 21.4. The van der Waals surface area contributed by atoms with E-state index in [2.05, 4.69) is 13.8 Å². The molecule has 1 aliphatic heterocycles. The third kappa shape index (κ3) is 3.56. The minimum absolute atomic E-state index is 0.0163. The molecule has 6 N–H and O–H groups in total. The predicted molar refractivity (Wildman–Crippen MR) is 128 cm³/mol. The van der Waals surface area contributed by atoms with Crippen LogP contribution >= 0.6 is 0 Å². The van der Waals surface area contributed by atoms with Gasteiger partial charge in [0.1, 0.15) is 18.3 Å². The quantitative estimate of drug-likeness (QED) is 0.392. The van der Waals surface area contributed by atoms with Gasteiger partial charge in [0.05, 0.1) is 18.3 Å². The minimum atomic E-state index is -1.26. The second kappa shape index (κ2) is 8.64. The summed E-state index contributed by atoms with van der Waals surface area (Å²) < 4.78 is 11.9. The molecule has 0 aromatic heterocycles. The van der Waals surface area contributed by atoms with Crippen LogP contribution in [0.25, 0.3) is 0 Å². The average molecular weight is 482 g/mol. The van der Waals surface area contributed by atoms with Gasteiger partial charge in [0.25, 0.3) is 0 Å². The summed E-state index contributed by atoms with van der Waals surface area (Å²) in [5.41, 5.74) is 7.40. The maximum atomic E-state index is 10.5. The highest BCUT2D eigenvalue weighted by atomic mass is 16.7. The number of aliphatic hydroxyl groups is 4. The molecule has 1 heterocycles. The molecule has 196 valence electrons. The lowest BCUT2D eigenvalue weighted by atomic mass is 9.42. The lowest BCUT2D eigenvalue weighted by molar-refractivity contribution is -0.309. The van der Waals surface area contributed by atoms with Crippen LogP contribution in [0.15, 0.2) is 0 Å². The Morgan fingerprint density at radius 3 is 2.35 bits per heavy atom. The second-order valence-corrected chi connectivity index (χ2v) is 13.1. The molecule has 4 aliphatic carbocycles. The van der Waals surface area contributed by atoms with Crippen molar-refractivity contribution in [2.45, 2.75) is 134 Å². The molecule has 1 saturated heterocycles. The van der Waals surface area contributed by atoms with Crippen molar-refractivity contribution < 1.29 is 29.9 Å². The Morgan fingerprint density at radius 1 is 0.912 bits per heavy atom. The highest BCUT2D eigenvalue weighted by molar-refractivity contribution is 5.19. The maximum absolute atomic E-state index is 10.5. The fraction of sp³-hybridized carbons (Fsp3) is 1.00. The van der Waals surface area contributed by atoms with E-state index in [1.54, 1.807) is 6.92 Å². The van der Waals surface area contributed by atoms with Crippen molar-refractivity contribution in [3.63, 3.8) is 0 Å². The van der Waals surface area contributed by atoms with Crippen molar-refractivity contribution in [3.05, 3.63) is 0 Å². The average Bonchev–Trinajstić information content (AvgIpc) is 3.07. The SMILES string of the molecule is CC(O)C1CCC2(N)C3CCC4CC(OC5OC(C)C(O)C(O)C5O)CCC4(C)C3CCC12C. The van der Waals surface area contributed by atoms with Crippen LogP contribution in [-0.2, 0) is 9.47 Å². The van der Waals surface area contributed by atoms with Crippen molar-refractivity contribution in [3.8, 4) is 0 Å². The van der Waals surface area contributed by atoms with Gasteiger partial charge in [0.15, 0.2) is 6.29 Å². The molecule has 7 heteroatoms. The minimum Gasteiger partial charge on any atom is -0.393 e. The van der Waals surface area contributed by atoms with Crippen molar-refractivity contribution >= 4 is 0 Å². The van der Waals surface area contributed by atoms with Gasteiger partial charge in [-0.3, -0.25) is 0 Å². The maximum Gasteiger partial charge on any atom is 0.186 e. The summed E-state index contributed by atoms with van der Waals surface area (Å²) in [5.74, 6) is 1.95. The van der Waals surface area contributed by atoms with Crippen LogP contribution < -0.4 is 5.73 Å². The smallest absolute Gasteiger partial charge is 0.186 e. The number of rotatable bonds is 3. The Labute approximate surface area is 204 Å². The van der Waals surface area contributed by atoms with E-state index in [1.165, 1.54) is 6.42 Å². The van der Waals surface area contributed by atoms with Gasteiger partial charge in [-0.2, -0.15) is 0 Å². The summed E-state index contributed by atoms with van der Waals surface area (Å²) >= 11 is 0. The topological polar surface area (TPSA) is 125 Å². The molecule has 7 nitrogen and oxygen atoms in total. The van der Waals surface area contributed by atoms with E-state index in [9.17, 15) is 20.4 Å². The summed E-state index contributed by atoms with van der Waals surface area (Å²) in [6.07, 6.45) is 4.12. The number of aliphatic hydroxyl groups excluding tert-OH is 4. The Balaban J connectivity index is 1.29. The summed E-state index contributed by atoms with van der Waals surface area (Å²) in [4.78, 5) is 0. The van der Waals surface area contributed by atoms with Gasteiger partial charge < -0.3 is 35.6 Å². The van der Waals surface area contributed by atoms with Gasteiger partial charge in [-0.15, -0.1) is 0 Å². The van der Waals surface area contributed by atoms with Gasteiger partial charge in [0.2, 0.25) is 0 Å². The predicted octanol–water partition coefficient (Wildman–Crippen LogP) is 2.32. The zero-order chi connectivity index (χ0) is 24.6. The molecule has 34 heavy (non-hydrogen) atoms. The van der Waals surface area contributed by atoms with Crippen LogP contribution in [0.3, 0.4) is 0 Å². The Morgan fingerprint density at radius 2 is 1.65 bits per heavy atom. The first-order chi connectivity index (χ1) is 15.9. The van der Waals surface area contributed by atoms with E-state index < -0.39 is 30.7 Å². The number of fused-ring (bicyclic) bond motifs is 5. The lowest BCUT2D eigenvalue weighted by Gasteiger charge is -2.64. The van der Waals surface area contributed by atoms with E-state index >= 15 is 0 Å². The van der Waals surface area contributed by atoms with Gasteiger partial charge >= 0.3 is 0 Å². The third-order valence-corrected chi connectivity index (χ3v) is 11.7. The first-order valence-corrected chi connectivity index (χ1v) is 13.7. The number of nitrogens with two attached hydrogens (primary N) is 1. The molecule has 0 radical (unpaired) electrons. The van der Waals surface area contributed by atoms with E-state index in [1.807, 2.05) is 6.92 Å². The summed E-state index contributed by atoms with van der Waals surface area (Å²) in [5, 5.41) is 41.0. The molecule has 0 aromatic rings. The van der Waals surface area contributed by atoms with E-state index in [-0.39, 0.29) is 28.6 Å². The largest absolute Gasteiger partial charge is 0.393 e. The van der Waals surface area contributed by atoms with Crippen molar-refractivity contribution in [2.24, 2.45) is 40.2 Å². The Bertz CT molecular complexity index is 765. The van der Waals surface area contributed by atoms with Gasteiger partial charge in [-0.1, -0.05) is 13.8 Å². The molecule has 0 aromatic carbocycles. The first kappa shape index (κ1) is 25.4. The zero-order valence-electron chi connectivity index (χ0n) is 21.4. The van der Waals surface area contributed by atoms with E-state index in [0.717, 1.165) is 51.4 Å². The molecule has 0 amide bonds. The van der Waals surface area contributed by atoms with E-state index in [4.69, 9.17) is 15.2 Å². The van der Waals surface area contributed by atoms with Crippen LogP contribution in [-0.4, -0.2) is 68.9 Å². The van der Waals surface area contributed by atoms with Crippen LogP contribution in [0, 0.1) is 34.5 Å². The standard InChI is InChI=1S/C27H47NO6/c1-14(29)18-9-12-27(28)20-6-5-16-13-17(34-24-23(32)22(31)21(30)15(2)33-24)7-10-25(16,3)19(20)8-11-26(18,27)4/h14-24,29-32H,5-13,28H2,1-4H3. The fourth-order valence-electron chi connectivity index (χ4n) is 9.54. The molecule has 0 bridgehead atoms. The van der Waals surface area contributed by atoms with Crippen LogP contribution in [0.1, 0.15) is 85.5 Å². The molecule has 0 spiro atoms. The summed E-state index contributed by atoms with van der Waals surface area (Å²) in [7, 11) is 0. The van der Waals surface area contributed by atoms with Crippen LogP contribution in [0.4, 0.5) is 0 Å². The number of hydrogen-bond acceptors (Lipinski definition) is 7. The lowest BCUT2D eigenvalue weighted by Crippen LogP contribution is -2.67. The van der Waals surface area contributed by atoms with E-state index in [0.29, 0.717) is 23.7 Å². The number of ether oxygens (including phenoxy) is 2. The fourth-order valence-corrected chi connectivity index (χ4v) is 9.54. The molecule has 14 unspecified atom stereocenters. The number of hydrogen-bond donors (Lipinski definition) is 5. The third-order valence-electron chi connectivity index (χ3n) is 11.7. The van der Waals surface area contributed by atoms with Crippen molar-refractivity contribution in [1.29, 1.82) is 0 Å². The van der Waals surface area contributed by atoms with Crippen molar-refractivity contribution in [2.75, 3.05) is 0 Å². The molecule has 5 aliphatic rings. The van der Waals surface area contributed by atoms with Gasteiger partial charge in [0, 0.05) is 5.54 Å². The molecular weight excluding hydrogens is 434 g/mol. The highest BCUT2D eigenvalue weighted by Crippen LogP contribution is 2.68. The van der Waals surface area contributed by atoms with Crippen LogP contribution in [0.5, 0.6) is 0 Å². The van der Waals surface area contributed by atoms with Gasteiger partial charge in [-0.25, -0.2) is 0 Å².